The zero-order valence-corrected chi connectivity index (χ0v) is 14.4. The van der Waals surface area contributed by atoms with E-state index in [-0.39, 0.29) is 43.0 Å². The van der Waals surface area contributed by atoms with Crippen LogP contribution in [0.15, 0.2) is 36.7 Å². The first-order valence-electron chi connectivity index (χ1n) is 8.04. The van der Waals surface area contributed by atoms with Crippen molar-refractivity contribution >= 4 is 17.7 Å². The Labute approximate surface area is 152 Å². The first-order chi connectivity index (χ1) is 12.9. The molecule has 1 N–H and O–H groups in total. The van der Waals surface area contributed by atoms with Crippen LogP contribution < -0.4 is 5.32 Å². The standard InChI is InChI=1S/C16H16FN7O3/c1-11-8-14(24(26)27)20-23(11)7-6-15(25)19-16-18-10-22(21-16)9-12-4-2-3-5-13(12)17/h2-5,8,10H,6-7,9H2,1H3,(H,19,21,25). The van der Waals surface area contributed by atoms with Gasteiger partial charge in [0.15, 0.2) is 0 Å². The number of hydrogen-bond acceptors (Lipinski definition) is 6. The Bertz CT molecular complexity index is 982. The summed E-state index contributed by atoms with van der Waals surface area (Å²) in [6.45, 7) is 2.04. The Morgan fingerprint density at radius 2 is 2.11 bits per heavy atom. The van der Waals surface area contributed by atoms with E-state index in [9.17, 15) is 19.3 Å². The molecule has 27 heavy (non-hydrogen) atoms. The van der Waals surface area contributed by atoms with Gasteiger partial charge in [-0.15, -0.1) is 5.10 Å². The summed E-state index contributed by atoms with van der Waals surface area (Å²) in [6.07, 6.45) is 1.44. The number of hydrogen-bond donors (Lipinski definition) is 1. The van der Waals surface area contributed by atoms with Crippen molar-refractivity contribution in [1.29, 1.82) is 0 Å². The zero-order chi connectivity index (χ0) is 19.4. The number of carbonyl (C=O) groups excluding carboxylic acids is 1. The minimum absolute atomic E-state index is 0.0432. The highest BCUT2D eigenvalue weighted by molar-refractivity contribution is 5.88. The summed E-state index contributed by atoms with van der Waals surface area (Å²) >= 11 is 0. The van der Waals surface area contributed by atoms with Crippen molar-refractivity contribution in [1.82, 2.24) is 24.5 Å². The van der Waals surface area contributed by atoms with Gasteiger partial charge in [-0.05, 0) is 17.9 Å². The number of rotatable bonds is 7. The lowest BCUT2D eigenvalue weighted by molar-refractivity contribution is -0.389. The van der Waals surface area contributed by atoms with Crippen molar-refractivity contribution in [2.45, 2.75) is 26.4 Å². The average molecular weight is 373 g/mol. The molecule has 0 saturated carbocycles. The number of benzene rings is 1. The van der Waals surface area contributed by atoms with E-state index in [2.05, 4.69) is 20.5 Å². The molecule has 0 aliphatic rings. The summed E-state index contributed by atoms with van der Waals surface area (Å²) in [6, 6.07) is 7.66. The molecule has 3 rings (SSSR count). The summed E-state index contributed by atoms with van der Waals surface area (Å²) in [7, 11) is 0. The minimum Gasteiger partial charge on any atom is -0.358 e. The van der Waals surface area contributed by atoms with Crippen LogP contribution in [0.1, 0.15) is 17.7 Å². The van der Waals surface area contributed by atoms with E-state index in [1.165, 1.54) is 27.8 Å². The summed E-state index contributed by atoms with van der Waals surface area (Å²) in [5, 5.41) is 21.1. The predicted molar refractivity (Wildman–Crippen MR) is 92.4 cm³/mol. The van der Waals surface area contributed by atoms with E-state index in [0.717, 1.165) is 0 Å². The highest BCUT2D eigenvalue weighted by Crippen LogP contribution is 2.12. The van der Waals surface area contributed by atoms with Crippen molar-refractivity contribution < 1.29 is 14.1 Å². The van der Waals surface area contributed by atoms with Gasteiger partial charge in [-0.1, -0.05) is 18.2 Å². The van der Waals surface area contributed by atoms with Crippen LogP contribution in [0, 0.1) is 22.9 Å². The number of nitro groups is 1. The number of amides is 1. The van der Waals surface area contributed by atoms with Crippen LogP contribution in [0.4, 0.5) is 16.2 Å². The van der Waals surface area contributed by atoms with E-state index in [4.69, 9.17) is 0 Å². The second-order valence-electron chi connectivity index (χ2n) is 5.78. The fourth-order valence-corrected chi connectivity index (χ4v) is 2.43. The molecule has 1 aromatic carbocycles. The van der Waals surface area contributed by atoms with Gasteiger partial charge in [0.05, 0.1) is 29.9 Å². The Morgan fingerprint density at radius 3 is 2.81 bits per heavy atom. The first-order valence-corrected chi connectivity index (χ1v) is 8.04. The lowest BCUT2D eigenvalue weighted by Crippen LogP contribution is -2.16. The number of carbonyl (C=O) groups is 1. The van der Waals surface area contributed by atoms with E-state index >= 15 is 0 Å². The molecule has 0 aliphatic heterocycles. The molecule has 0 atom stereocenters. The van der Waals surface area contributed by atoms with Gasteiger partial charge in [-0.2, -0.15) is 4.68 Å². The van der Waals surface area contributed by atoms with Crippen LogP contribution in [0.25, 0.3) is 0 Å². The maximum absolute atomic E-state index is 13.7. The Morgan fingerprint density at radius 1 is 1.33 bits per heavy atom. The third-order valence-electron chi connectivity index (χ3n) is 3.78. The van der Waals surface area contributed by atoms with Crippen molar-refractivity contribution in [2.75, 3.05) is 5.32 Å². The molecule has 1 amide bonds. The normalized spacial score (nSPS) is 10.7. The lowest BCUT2D eigenvalue weighted by Gasteiger charge is -2.03. The van der Waals surface area contributed by atoms with Gasteiger partial charge >= 0.3 is 5.82 Å². The number of nitrogens with one attached hydrogen (secondary N) is 1. The zero-order valence-electron chi connectivity index (χ0n) is 14.4. The second kappa shape index (κ2) is 7.72. The summed E-state index contributed by atoms with van der Waals surface area (Å²) in [4.78, 5) is 26.1. The molecule has 10 nitrogen and oxygen atoms in total. The number of halogens is 1. The van der Waals surface area contributed by atoms with Gasteiger partial charge in [0.2, 0.25) is 11.9 Å². The van der Waals surface area contributed by atoms with Crippen molar-refractivity contribution in [3.05, 3.63) is 63.8 Å². The third-order valence-corrected chi connectivity index (χ3v) is 3.78. The molecule has 0 bridgehead atoms. The van der Waals surface area contributed by atoms with E-state index in [1.807, 2.05) is 0 Å². The van der Waals surface area contributed by atoms with Gasteiger partial charge in [-0.25, -0.2) is 14.1 Å². The molecule has 3 aromatic rings. The van der Waals surface area contributed by atoms with E-state index < -0.39 is 4.92 Å². The molecule has 140 valence electrons. The van der Waals surface area contributed by atoms with Gasteiger partial charge < -0.3 is 10.1 Å². The second-order valence-corrected chi connectivity index (χ2v) is 5.78. The highest BCUT2D eigenvalue weighted by atomic mass is 19.1. The van der Waals surface area contributed by atoms with Crippen LogP contribution in [0.5, 0.6) is 0 Å². The van der Waals surface area contributed by atoms with E-state index in [1.54, 1.807) is 25.1 Å². The predicted octanol–water partition coefficient (Wildman–Crippen LogP) is 1.91. The molecule has 0 radical (unpaired) electrons. The van der Waals surface area contributed by atoms with Crippen LogP contribution >= 0.6 is 0 Å². The van der Waals surface area contributed by atoms with Crippen molar-refractivity contribution in [3.8, 4) is 0 Å². The molecule has 0 aliphatic carbocycles. The number of anilines is 1. The minimum atomic E-state index is -0.588. The van der Waals surface area contributed by atoms with Crippen LogP contribution in [0.2, 0.25) is 0 Å². The van der Waals surface area contributed by atoms with E-state index in [0.29, 0.717) is 11.3 Å². The monoisotopic (exact) mass is 373 g/mol. The molecule has 2 heterocycles. The smallest absolute Gasteiger partial charge is 0.358 e. The topological polar surface area (TPSA) is 121 Å². The van der Waals surface area contributed by atoms with Crippen LogP contribution in [-0.4, -0.2) is 35.4 Å². The quantitative estimate of drug-likeness (QED) is 0.499. The lowest BCUT2D eigenvalue weighted by atomic mass is 10.2. The van der Waals surface area contributed by atoms with Crippen molar-refractivity contribution in [3.63, 3.8) is 0 Å². The molecule has 0 unspecified atom stereocenters. The van der Waals surface area contributed by atoms with Gasteiger partial charge in [-0.3, -0.25) is 10.1 Å². The number of aryl methyl sites for hydroxylation is 2. The highest BCUT2D eigenvalue weighted by Gasteiger charge is 2.16. The fourth-order valence-electron chi connectivity index (χ4n) is 2.43. The first kappa shape index (κ1) is 18.2. The molecule has 0 spiro atoms. The summed E-state index contributed by atoms with van der Waals surface area (Å²) in [5.41, 5.74) is 1.04. The molecule has 11 heteroatoms. The fraction of sp³-hybridized carbons (Fsp3) is 0.250. The molecule has 0 fully saturated rings. The summed E-state index contributed by atoms with van der Waals surface area (Å²) < 4.78 is 16.5. The van der Waals surface area contributed by atoms with Crippen molar-refractivity contribution in [2.24, 2.45) is 0 Å². The largest absolute Gasteiger partial charge is 0.390 e. The summed E-state index contributed by atoms with van der Waals surface area (Å²) in [5.74, 6) is -0.876. The maximum Gasteiger partial charge on any atom is 0.390 e. The number of aromatic nitrogens is 5. The Kier molecular flexibility index (Phi) is 5.20. The van der Waals surface area contributed by atoms with Gasteiger partial charge in [0, 0.05) is 12.0 Å². The van der Waals surface area contributed by atoms with Crippen LogP contribution in [-0.2, 0) is 17.9 Å². The Balaban J connectivity index is 1.55. The Hall–Kier alpha value is -3.63. The SMILES string of the molecule is Cc1cc([N+](=O)[O-])nn1CCC(=O)Nc1ncn(Cc2ccccc2F)n1. The third kappa shape index (κ3) is 4.51. The van der Waals surface area contributed by atoms with Gasteiger partial charge in [0.25, 0.3) is 0 Å². The van der Waals surface area contributed by atoms with Gasteiger partial charge in [0.1, 0.15) is 12.1 Å². The molecule has 0 saturated heterocycles. The maximum atomic E-state index is 13.7. The average Bonchev–Trinajstić information content (AvgIpc) is 3.21. The number of nitrogens with zero attached hydrogens (tertiary/aromatic N) is 6. The molecular formula is C16H16FN7O3. The van der Waals surface area contributed by atoms with Crippen LogP contribution in [0.3, 0.4) is 0 Å². The molecule has 2 aromatic heterocycles. The molecular weight excluding hydrogens is 357 g/mol.